The zero-order valence-electron chi connectivity index (χ0n) is 17.6. The zero-order valence-corrected chi connectivity index (χ0v) is 17.6. The van der Waals surface area contributed by atoms with Gasteiger partial charge in [-0.1, -0.05) is 44.5 Å². The van der Waals surface area contributed by atoms with Crippen molar-refractivity contribution in [2.24, 2.45) is 5.92 Å². The fourth-order valence-electron chi connectivity index (χ4n) is 3.57. The summed E-state index contributed by atoms with van der Waals surface area (Å²) in [5, 5.41) is 0. The predicted molar refractivity (Wildman–Crippen MR) is 116 cm³/mol. The molecular weight excluding hydrogens is 349 g/mol. The Morgan fingerprint density at radius 1 is 1.07 bits per heavy atom. The Morgan fingerprint density at radius 2 is 1.75 bits per heavy atom. The summed E-state index contributed by atoms with van der Waals surface area (Å²) >= 11 is 0. The molecule has 0 aliphatic carbocycles. The lowest BCUT2D eigenvalue weighted by Crippen LogP contribution is -2.34. The maximum atomic E-state index is 12.7. The van der Waals surface area contributed by atoms with Crippen LogP contribution in [-0.2, 0) is 12.8 Å². The summed E-state index contributed by atoms with van der Waals surface area (Å²) in [5.74, 6) is 0.748. The third-order valence-corrected chi connectivity index (χ3v) is 5.53. The van der Waals surface area contributed by atoms with Crippen molar-refractivity contribution in [3.05, 3.63) is 70.5 Å². The molecule has 28 heavy (non-hydrogen) atoms. The molecule has 152 valence electrons. The van der Waals surface area contributed by atoms with E-state index in [0.29, 0.717) is 0 Å². The zero-order chi connectivity index (χ0) is 20.4. The molecule has 0 radical (unpaired) electrons. The summed E-state index contributed by atoms with van der Waals surface area (Å²) in [4.78, 5) is 12.9. The Hall–Kier alpha value is -2.00. The first kappa shape index (κ1) is 22.3. The number of benzene rings is 2. The van der Waals surface area contributed by atoms with Gasteiger partial charge in [0.2, 0.25) is 0 Å². The highest BCUT2D eigenvalue weighted by molar-refractivity contribution is 5.75. The van der Waals surface area contributed by atoms with Crippen LogP contribution in [-0.4, -0.2) is 30.8 Å². The van der Waals surface area contributed by atoms with Crippen LogP contribution in [0.4, 0.5) is 4.39 Å². The van der Waals surface area contributed by atoms with Crippen LogP contribution in [0.3, 0.4) is 0 Å². The average Bonchev–Trinajstić information content (AvgIpc) is 2.71. The number of halogens is 1. The number of piperidine rings is 1. The van der Waals surface area contributed by atoms with Crippen LogP contribution in [0.25, 0.3) is 0 Å². The quantitative estimate of drug-likeness (QED) is 0.582. The Bertz CT molecular complexity index is 718. The first-order chi connectivity index (χ1) is 13.5. The molecule has 1 saturated heterocycles. The molecule has 0 saturated carbocycles. The molecule has 1 fully saturated rings. The first-order valence-electron chi connectivity index (χ1n) is 10.5. The van der Waals surface area contributed by atoms with E-state index in [4.69, 9.17) is 0 Å². The van der Waals surface area contributed by atoms with Crippen molar-refractivity contribution in [2.45, 2.75) is 52.9 Å². The summed E-state index contributed by atoms with van der Waals surface area (Å²) in [6.07, 6.45) is 6.83. The van der Waals surface area contributed by atoms with Crippen LogP contribution in [0.15, 0.2) is 42.5 Å². The van der Waals surface area contributed by atoms with E-state index in [0.717, 1.165) is 43.6 Å². The van der Waals surface area contributed by atoms with Gasteiger partial charge in [-0.25, -0.2) is 4.39 Å². The number of carbonyl (C=O) groups is 1. The van der Waals surface area contributed by atoms with Gasteiger partial charge in [-0.05, 0) is 86.5 Å². The molecular formula is C25H34FNO. The molecule has 2 aromatic carbocycles. The number of aryl methyl sites for hydroxylation is 2. The van der Waals surface area contributed by atoms with Gasteiger partial charge in [-0.15, -0.1) is 0 Å². The Kier molecular flexibility index (Phi) is 9.36. The number of rotatable bonds is 6. The standard InChI is InChI=1S/C14H20FN.C11H14O/c1-12-6-9-16(10-7-12)11-8-13-2-4-14(15)5-3-13;1-3-4-11-6-5-10(8-12)7-9(11)2/h2-5,12H,6-11H2,1H3;5-8H,3-4H2,1-2H3. The molecule has 1 aliphatic rings. The van der Waals surface area contributed by atoms with Gasteiger partial charge in [-0.3, -0.25) is 4.79 Å². The molecule has 2 nitrogen and oxygen atoms in total. The second-order valence-corrected chi connectivity index (χ2v) is 7.95. The maximum Gasteiger partial charge on any atom is 0.150 e. The Balaban J connectivity index is 0.000000209. The van der Waals surface area contributed by atoms with Crippen molar-refractivity contribution < 1.29 is 9.18 Å². The van der Waals surface area contributed by atoms with Crippen LogP contribution >= 0.6 is 0 Å². The van der Waals surface area contributed by atoms with E-state index >= 15 is 0 Å². The van der Waals surface area contributed by atoms with Crippen LogP contribution in [0.5, 0.6) is 0 Å². The molecule has 2 aromatic rings. The molecule has 0 amide bonds. The van der Waals surface area contributed by atoms with Gasteiger partial charge in [0.15, 0.2) is 0 Å². The molecule has 0 atom stereocenters. The number of aldehydes is 1. The van der Waals surface area contributed by atoms with E-state index in [-0.39, 0.29) is 5.82 Å². The number of hydrogen-bond donors (Lipinski definition) is 0. The van der Waals surface area contributed by atoms with Gasteiger partial charge in [0.05, 0.1) is 0 Å². The Labute approximate surface area is 169 Å². The third kappa shape index (κ3) is 7.55. The monoisotopic (exact) mass is 383 g/mol. The van der Waals surface area contributed by atoms with Crippen molar-refractivity contribution in [3.8, 4) is 0 Å². The second-order valence-electron chi connectivity index (χ2n) is 7.95. The predicted octanol–water partition coefficient (Wildman–Crippen LogP) is 5.86. The molecule has 0 aromatic heterocycles. The molecule has 0 bridgehead atoms. The molecule has 3 rings (SSSR count). The lowest BCUT2D eigenvalue weighted by Gasteiger charge is -2.30. The molecule has 0 spiro atoms. The van der Waals surface area contributed by atoms with Crippen LogP contribution < -0.4 is 0 Å². The fourth-order valence-corrected chi connectivity index (χ4v) is 3.57. The highest BCUT2D eigenvalue weighted by Crippen LogP contribution is 2.16. The number of carbonyl (C=O) groups excluding carboxylic acids is 1. The average molecular weight is 384 g/mol. The molecule has 1 aliphatic heterocycles. The maximum absolute atomic E-state index is 12.7. The third-order valence-electron chi connectivity index (χ3n) is 5.53. The van der Waals surface area contributed by atoms with Gasteiger partial charge in [-0.2, -0.15) is 0 Å². The molecule has 1 heterocycles. The number of hydrogen-bond acceptors (Lipinski definition) is 2. The van der Waals surface area contributed by atoms with Crippen LogP contribution in [0, 0.1) is 18.7 Å². The lowest BCUT2D eigenvalue weighted by atomic mass is 9.99. The minimum absolute atomic E-state index is 0.143. The first-order valence-corrected chi connectivity index (χ1v) is 10.5. The highest BCUT2D eigenvalue weighted by atomic mass is 19.1. The van der Waals surface area contributed by atoms with E-state index in [2.05, 4.69) is 25.7 Å². The summed E-state index contributed by atoms with van der Waals surface area (Å²) in [6.45, 7) is 10.1. The van der Waals surface area contributed by atoms with Crippen molar-refractivity contribution in [3.63, 3.8) is 0 Å². The van der Waals surface area contributed by atoms with Crippen molar-refractivity contribution >= 4 is 6.29 Å². The largest absolute Gasteiger partial charge is 0.303 e. The van der Waals surface area contributed by atoms with E-state index in [1.54, 1.807) is 12.1 Å². The second kappa shape index (κ2) is 11.8. The van der Waals surface area contributed by atoms with Gasteiger partial charge < -0.3 is 4.90 Å². The van der Waals surface area contributed by atoms with Gasteiger partial charge in [0.1, 0.15) is 12.1 Å². The van der Waals surface area contributed by atoms with E-state index < -0.39 is 0 Å². The fraction of sp³-hybridized carbons (Fsp3) is 0.480. The van der Waals surface area contributed by atoms with E-state index in [1.165, 1.54) is 42.6 Å². The normalized spacial score (nSPS) is 15.0. The summed E-state index contributed by atoms with van der Waals surface area (Å²) in [6, 6.07) is 12.7. The van der Waals surface area contributed by atoms with Crippen LogP contribution in [0.2, 0.25) is 0 Å². The minimum Gasteiger partial charge on any atom is -0.303 e. The highest BCUT2D eigenvalue weighted by Gasteiger charge is 2.14. The molecule has 0 N–H and O–H groups in total. The van der Waals surface area contributed by atoms with Gasteiger partial charge in [0, 0.05) is 12.1 Å². The van der Waals surface area contributed by atoms with E-state index in [1.807, 2.05) is 30.3 Å². The van der Waals surface area contributed by atoms with Crippen molar-refractivity contribution in [1.29, 1.82) is 0 Å². The summed E-state index contributed by atoms with van der Waals surface area (Å²) in [5.41, 5.74) is 4.58. The molecule has 0 unspecified atom stereocenters. The number of nitrogens with zero attached hydrogens (tertiary/aromatic N) is 1. The summed E-state index contributed by atoms with van der Waals surface area (Å²) < 4.78 is 12.7. The molecule has 3 heteroatoms. The van der Waals surface area contributed by atoms with Gasteiger partial charge >= 0.3 is 0 Å². The SMILES string of the molecule is CC1CCN(CCc2ccc(F)cc2)CC1.CCCc1ccc(C=O)cc1C. The summed E-state index contributed by atoms with van der Waals surface area (Å²) in [7, 11) is 0. The van der Waals surface area contributed by atoms with Gasteiger partial charge in [0.25, 0.3) is 0 Å². The van der Waals surface area contributed by atoms with Crippen LogP contribution in [0.1, 0.15) is 60.2 Å². The topological polar surface area (TPSA) is 20.3 Å². The van der Waals surface area contributed by atoms with Crippen molar-refractivity contribution in [2.75, 3.05) is 19.6 Å². The van der Waals surface area contributed by atoms with E-state index in [9.17, 15) is 9.18 Å². The van der Waals surface area contributed by atoms with Crippen molar-refractivity contribution in [1.82, 2.24) is 4.90 Å². The number of likely N-dealkylation sites (tertiary alicyclic amines) is 1. The smallest absolute Gasteiger partial charge is 0.150 e. The lowest BCUT2D eigenvalue weighted by molar-refractivity contribution is 0.112. The Morgan fingerprint density at radius 3 is 2.32 bits per heavy atom. The minimum atomic E-state index is -0.143.